The standard InChI is InChI=1S/C17H14BrClN2O3/c1-9-3-5-12(11(18)7-9)20-15(22)17(2)16(23)21-13-8-10(19)4-6-14(13)24-17/h3-8H,1-2H3,(H,20,22)(H,21,23). The molecule has 24 heavy (non-hydrogen) atoms. The van der Waals surface area contributed by atoms with Crippen LogP contribution >= 0.6 is 27.5 Å². The molecule has 1 unspecified atom stereocenters. The summed E-state index contributed by atoms with van der Waals surface area (Å²) in [5, 5.41) is 5.85. The van der Waals surface area contributed by atoms with Crippen LogP contribution in [0.15, 0.2) is 40.9 Å². The molecule has 124 valence electrons. The van der Waals surface area contributed by atoms with Crippen molar-refractivity contribution in [2.75, 3.05) is 10.6 Å². The summed E-state index contributed by atoms with van der Waals surface area (Å²) < 4.78 is 6.41. The number of aryl methyl sites for hydroxylation is 1. The number of rotatable bonds is 2. The number of anilines is 2. The van der Waals surface area contributed by atoms with Crippen molar-refractivity contribution in [2.24, 2.45) is 0 Å². The van der Waals surface area contributed by atoms with Crippen molar-refractivity contribution in [1.82, 2.24) is 0 Å². The molecule has 5 nitrogen and oxygen atoms in total. The average Bonchev–Trinajstić information content (AvgIpc) is 2.51. The van der Waals surface area contributed by atoms with Crippen LogP contribution in [0.3, 0.4) is 0 Å². The molecular weight excluding hydrogens is 396 g/mol. The third-order valence-electron chi connectivity index (χ3n) is 3.74. The second-order valence-corrected chi connectivity index (χ2v) is 6.96. The fraction of sp³-hybridized carbons (Fsp3) is 0.176. The van der Waals surface area contributed by atoms with Crippen LogP contribution in [0.25, 0.3) is 0 Å². The summed E-state index contributed by atoms with van der Waals surface area (Å²) in [6.45, 7) is 3.37. The fourth-order valence-corrected chi connectivity index (χ4v) is 3.07. The second-order valence-electron chi connectivity index (χ2n) is 5.67. The molecule has 0 radical (unpaired) electrons. The van der Waals surface area contributed by atoms with Crippen molar-refractivity contribution in [3.63, 3.8) is 0 Å². The number of hydrogen-bond acceptors (Lipinski definition) is 3. The third-order valence-corrected chi connectivity index (χ3v) is 4.63. The van der Waals surface area contributed by atoms with Crippen LogP contribution in [0.4, 0.5) is 11.4 Å². The van der Waals surface area contributed by atoms with Gasteiger partial charge in [-0.05, 0) is 65.7 Å². The molecule has 0 bridgehead atoms. The van der Waals surface area contributed by atoms with E-state index in [2.05, 4.69) is 26.6 Å². The molecule has 2 amide bonds. The topological polar surface area (TPSA) is 67.4 Å². The Labute approximate surface area is 152 Å². The van der Waals surface area contributed by atoms with E-state index in [1.165, 1.54) is 6.92 Å². The van der Waals surface area contributed by atoms with Gasteiger partial charge >= 0.3 is 0 Å². The van der Waals surface area contributed by atoms with Gasteiger partial charge in [0.05, 0.1) is 11.4 Å². The summed E-state index contributed by atoms with van der Waals surface area (Å²) in [6.07, 6.45) is 0. The maximum absolute atomic E-state index is 12.7. The van der Waals surface area contributed by atoms with Gasteiger partial charge in [-0.3, -0.25) is 9.59 Å². The van der Waals surface area contributed by atoms with E-state index in [9.17, 15) is 9.59 Å². The van der Waals surface area contributed by atoms with Gasteiger partial charge < -0.3 is 15.4 Å². The van der Waals surface area contributed by atoms with Crippen molar-refractivity contribution < 1.29 is 14.3 Å². The molecule has 1 aliphatic rings. The number of nitrogens with one attached hydrogen (secondary N) is 2. The van der Waals surface area contributed by atoms with E-state index in [0.29, 0.717) is 22.1 Å². The van der Waals surface area contributed by atoms with E-state index in [1.807, 2.05) is 19.1 Å². The minimum atomic E-state index is -1.69. The van der Waals surface area contributed by atoms with E-state index >= 15 is 0 Å². The molecule has 0 aromatic heterocycles. The highest BCUT2D eigenvalue weighted by Crippen LogP contribution is 2.36. The molecule has 0 saturated carbocycles. The van der Waals surface area contributed by atoms with Crippen molar-refractivity contribution in [3.05, 3.63) is 51.5 Å². The Bertz CT molecular complexity index is 856. The van der Waals surface area contributed by atoms with Gasteiger partial charge in [-0.1, -0.05) is 17.7 Å². The summed E-state index contributed by atoms with van der Waals surface area (Å²) in [4.78, 5) is 25.1. The Balaban J connectivity index is 1.88. The Morgan fingerprint density at radius 1 is 1.29 bits per heavy atom. The Morgan fingerprint density at radius 3 is 2.75 bits per heavy atom. The number of carbonyl (C=O) groups excluding carboxylic acids is 2. The number of benzene rings is 2. The summed E-state index contributed by atoms with van der Waals surface area (Å²) in [7, 11) is 0. The molecular formula is C17H14BrClN2O3. The maximum Gasteiger partial charge on any atom is 0.278 e. The minimum absolute atomic E-state index is 0.389. The lowest BCUT2D eigenvalue weighted by molar-refractivity contribution is -0.143. The molecule has 1 atom stereocenters. The predicted octanol–water partition coefficient (Wildman–Crippen LogP) is 4.14. The normalized spacial score (nSPS) is 19.1. The van der Waals surface area contributed by atoms with Gasteiger partial charge in [-0.2, -0.15) is 0 Å². The number of ether oxygens (including phenoxy) is 1. The number of amides is 2. The van der Waals surface area contributed by atoms with Gasteiger partial charge in [-0.25, -0.2) is 0 Å². The lowest BCUT2D eigenvalue weighted by Gasteiger charge is -2.33. The van der Waals surface area contributed by atoms with Crippen LogP contribution in [0.1, 0.15) is 12.5 Å². The van der Waals surface area contributed by atoms with Crippen molar-refractivity contribution in [1.29, 1.82) is 0 Å². The SMILES string of the molecule is Cc1ccc(NC(=O)C2(C)Oc3ccc(Cl)cc3NC2=O)c(Br)c1. The molecule has 1 aliphatic heterocycles. The second kappa shape index (κ2) is 6.11. The summed E-state index contributed by atoms with van der Waals surface area (Å²) in [6, 6.07) is 10.3. The molecule has 2 N–H and O–H groups in total. The van der Waals surface area contributed by atoms with E-state index < -0.39 is 17.4 Å². The number of hydrogen-bond donors (Lipinski definition) is 2. The van der Waals surface area contributed by atoms with E-state index in [0.717, 1.165) is 10.0 Å². The number of halogens is 2. The first-order valence-corrected chi connectivity index (χ1v) is 8.34. The molecule has 0 aliphatic carbocycles. The fourth-order valence-electron chi connectivity index (χ4n) is 2.31. The summed E-state index contributed by atoms with van der Waals surface area (Å²) >= 11 is 9.30. The average molecular weight is 410 g/mol. The van der Waals surface area contributed by atoms with E-state index in [4.69, 9.17) is 16.3 Å². The predicted molar refractivity (Wildman–Crippen MR) is 96.6 cm³/mol. The zero-order valence-corrected chi connectivity index (χ0v) is 15.3. The Morgan fingerprint density at radius 2 is 2.04 bits per heavy atom. The van der Waals surface area contributed by atoms with E-state index in [-0.39, 0.29) is 0 Å². The zero-order valence-electron chi connectivity index (χ0n) is 12.9. The molecule has 0 spiro atoms. The number of fused-ring (bicyclic) bond motifs is 1. The number of carbonyl (C=O) groups is 2. The molecule has 3 rings (SSSR count). The zero-order chi connectivity index (χ0) is 17.5. The van der Waals surface area contributed by atoms with Crippen LogP contribution in [-0.2, 0) is 9.59 Å². The first-order valence-electron chi connectivity index (χ1n) is 7.17. The molecule has 0 fully saturated rings. The van der Waals surface area contributed by atoms with Crippen LogP contribution in [0.5, 0.6) is 5.75 Å². The van der Waals surface area contributed by atoms with Gasteiger partial charge in [0.15, 0.2) is 0 Å². The Hall–Kier alpha value is -2.05. The lowest BCUT2D eigenvalue weighted by Crippen LogP contribution is -2.56. The molecule has 2 aromatic rings. The van der Waals surface area contributed by atoms with Crippen molar-refractivity contribution >= 4 is 50.7 Å². The smallest absolute Gasteiger partial charge is 0.278 e. The van der Waals surface area contributed by atoms with Crippen molar-refractivity contribution in [3.8, 4) is 5.75 Å². The monoisotopic (exact) mass is 408 g/mol. The third kappa shape index (κ3) is 2.99. The molecule has 7 heteroatoms. The summed E-state index contributed by atoms with van der Waals surface area (Å²) in [5.74, 6) is -0.734. The van der Waals surface area contributed by atoms with Crippen LogP contribution in [-0.4, -0.2) is 17.4 Å². The highest BCUT2D eigenvalue weighted by atomic mass is 79.9. The van der Waals surface area contributed by atoms with Gasteiger partial charge in [0.2, 0.25) is 0 Å². The Kier molecular flexibility index (Phi) is 4.27. The van der Waals surface area contributed by atoms with Gasteiger partial charge in [-0.15, -0.1) is 0 Å². The summed E-state index contributed by atoms with van der Waals surface area (Å²) in [5.41, 5.74) is 0.355. The highest BCUT2D eigenvalue weighted by Gasteiger charge is 2.47. The molecule has 0 saturated heterocycles. The molecule has 2 aromatic carbocycles. The molecule has 1 heterocycles. The minimum Gasteiger partial charge on any atom is -0.466 e. The first-order chi connectivity index (χ1) is 11.3. The van der Waals surface area contributed by atoms with Gasteiger partial charge in [0.1, 0.15) is 5.75 Å². The van der Waals surface area contributed by atoms with E-state index in [1.54, 1.807) is 24.3 Å². The van der Waals surface area contributed by atoms with Gasteiger partial charge in [0.25, 0.3) is 17.4 Å². The quantitative estimate of drug-likeness (QED) is 0.733. The van der Waals surface area contributed by atoms with Crippen molar-refractivity contribution in [2.45, 2.75) is 19.4 Å². The van der Waals surface area contributed by atoms with Gasteiger partial charge in [0, 0.05) is 9.50 Å². The first kappa shape index (κ1) is 16.8. The lowest BCUT2D eigenvalue weighted by atomic mass is 10.0. The van der Waals surface area contributed by atoms with Crippen LogP contribution in [0, 0.1) is 6.92 Å². The largest absolute Gasteiger partial charge is 0.466 e. The van der Waals surface area contributed by atoms with Crippen LogP contribution < -0.4 is 15.4 Å². The van der Waals surface area contributed by atoms with Crippen LogP contribution in [0.2, 0.25) is 5.02 Å². The maximum atomic E-state index is 12.7. The highest BCUT2D eigenvalue weighted by molar-refractivity contribution is 9.10.